The van der Waals surface area contributed by atoms with Crippen molar-refractivity contribution < 1.29 is 14.3 Å². The van der Waals surface area contributed by atoms with Crippen molar-refractivity contribution in [3.05, 3.63) is 30.6 Å². The van der Waals surface area contributed by atoms with E-state index in [9.17, 15) is 4.79 Å². The monoisotopic (exact) mass is 262 g/mol. The minimum Gasteiger partial charge on any atom is -0.479 e. The van der Waals surface area contributed by atoms with Crippen molar-refractivity contribution in [2.75, 3.05) is 6.61 Å². The van der Waals surface area contributed by atoms with Gasteiger partial charge in [-0.3, -0.25) is 0 Å². The summed E-state index contributed by atoms with van der Waals surface area (Å²) < 4.78 is 11.9. The topological polar surface area (TPSA) is 79.1 Å². The van der Waals surface area contributed by atoms with Gasteiger partial charge in [0.05, 0.1) is 12.3 Å². The van der Waals surface area contributed by atoms with Gasteiger partial charge in [0.25, 0.3) is 0 Å². The summed E-state index contributed by atoms with van der Waals surface area (Å²) in [4.78, 5) is 11.4. The molecule has 0 saturated heterocycles. The number of carbonyl (C=O) groups excluding carboxylic acids is 1. The molecule has 1 unspecified atom stereocenters. The molecule has 0 bridgehead atoms. The lowest BCUT2D eigenvalue weighted by molar-refractivity contribution is -0.150. The maximum atomic E-state index is 11.4. The summed E-state index contributed by atoms with van der Waals surface area (Å²) in [6, 6.07) is 7.08. The van der Waals surface area contributed by atoms with Crippen LogP contribution in [0.25, 0.3) is 5.69 Å². The highest BCUT2D eigenvalue weighted by atomic mass is 16.6. The molecule has 0 radical (unpaired) electrons. The third-order valence-corrected chi connectivity index (χ3v) is 2.38. The number of hydrogen-bond donors (Lipinski definition) is 0. The Morgan fingerprint density at radius 3 is 2.68 bits per heavy atom. The molecule has 0 spiro atoms. The maximum absolute atomic E-state index is 11.4. The highest BCUT2D eigenvalue weighted by molar-refractivity contribution is 5.74. The van der Waals surface area contributed by atoms with E-state index in [-0.39, 0.29) is 5.97 Å². The van der Waals surface area contributed by atoms with E-state index in [0.717, 1.165) is 5.69 Å². The minimum atomic E-state index is -0.640. The van der Waals surface area contributed by atoms with Gasteiger partial charge in [-0.1, -0.05) is 0 Å². The standard InChI is InChI=1S/C12H14N4O3/c1-3-18-12(17)9(2)19-11-6-4-10(5-7-11)16-8-13-14-15-16/h4-9H,3H2,1-2H3. The third-order valence-electron chi connectivity index (χ3n) is 2.38. The Hall–Kier alpha value is -2.44. The van der Waals surface area contributed by atoms with Gasteiger partial charge in [0.1, 0.15) is 12.1 Å². The van der Waals surface area contributed by atoms with Crippen LogP contribution >= 0.6 is 0 Å². The molecule has 1 atom stereocenters. The Kier molecular flexibility index (Phi) is 4.07. The van der Waals surface area contributed by atoms with Gasteiger partial charge in [-0.15, -0.1) is 5.10 Å². The van der Waals surface area contributed by atoms with Crippen LogP contribution in [0, 0.1) is 0 Å². The second-order valence-electron chi connectivity index (χ2n) is 3.76. The van der Waals surface area contributed by atoms with Crippen molar-refractivity contribution in [3.63, 3.8) is 0 Å². The van der Waals surface area contributed by atoms with Crippen LogP contribution in [0.1, 0.15) is 13.8 Å². The number of hydrogen-bond acceptors (Lipinski definition) is 6. The maximum Gasteiger partial charge on any atom is 0.347 e. The predicted octanol–water partition coefficient (Wildman–Crippen LogP) is 0.993. The van der Waals surface area contributed by atoms with Gasteiger partial charge in [0.15, 0.2) is 6.10 Å². The van der Waals surface area contributed by atoms with E-state index < -0.39 is 6.10 Å². The summed E-state index contributed by atoms with van der Waals surface area (Å²) >= 11 is 0. The van der Waals surface area contributed by atoms with E-state index in [1.807, 2.05) is 0 Å². The second-order valence-corrected chi connectivity index (χ2v) is 3.76. The van der Waals surface area contributed by atoms with Crippen molar-refractivity contribution in [1.82, 2.24) is 20.2 Å². The van der Waals surface area contributed by atoms with E-state index in [1.165, 1.54) is 11.0 Å². The zero-order chi connectivity index (χ0) is 13.7. The Balaban J connectivity index is 2.01. The lowest BCUT2D eigenvalue weighted by Crippen LogP contribution is -2.26. The van der Waals surface area contributed by atoms with Crippen molar-refractivity contribution in [1.29, 1.82) is 0 Å². The average molecular weight is 262 g/mol. The van der Waals surface area contributed by atoms with Crippen LogP contribution in [0.15, 0.2) is 30.6 Å². The molecule has 2 rings (SSSR count). The van der Waals surface area contributed by atoms with E-state index in [2.05, 4.69) is 15.5 Å². The molecule has 7 nitrogen and oxygen atoms in total. The highest BCUT2D eigenvalue weighted by Gasteiger charge is 2.15. The molecular formula is C12H14N4O3. The van der Waals surface area contributed by atoms with Crippen LogP contribution in [0.2, 0.25) is 0 Å². The van der Waals surface area contributed by atoms with Crippen molar-refractivity contribution >= 4 is 5.97 Å². The first-order valence-electron chi connectivity index (χ1n) is 5.87. The van der Waals surface area contributed by atoms with E-state index in [0.29, 0.717) is 12.4 Å². The molecule has 100 valence electrons. The van der Waals surface area contributed by atoms with Gasteiger partial charge < -0.3 is 9.47 Å². The number of carbonyl (C=O) groups is 1. The summed E-state index contributed by atoms with van der Waals surface area (Å²) in [5, 5.41) is 10.9. The Morgan fingerprint density at radius 1 is 1.37 bits per heavy atom. The van der Waals surface area contributed by atoms with Crippen LogP contribution in [-0.4, -0.2) is 38.9 Å². The van der Waals surface area contributed by atoms with Gasteiger partial charge in [-0.05, 0) is 48.5 Å². The van der Waals surface area contributed by atoms with Crippen LogP contribution in [0.4, 0.5) is 0 Å². The first-order chi connectivity index (χ1) is 9.20. The molecule has 2 aromatic rings. The number of rotatable bonds is 5. The first-order valence-corrected chi connectivity index (χ1v) is 5.87. The van der Waals surface area contributed by atoms with Gasteiger partial charge >= 0.3 is 5.97 Å². The van der Waals surface area contributed by atoms with Gasteiger partial charge in [-0.2, -0.15) is 0 Å². The molecule has 0 fully saturated rings. The highest BCUT2D eigenvalue weighted by Crippen LogP contribution is 2.16. The molecular weight excluding hydrogens is 248 g/mol. The van der Waals surface area contributed by atoms with Crippen molar-refractivity contribution in [2.24, 2.45) is 0 Å². The largest absolute Gasteiger partial charge is 0.479 e. The molecule has 0 aliphatic heterocycles. The zero-order valence-electron chi connectivity index (χ0n) is 10.7. The quantitative estimate of drug-likeness (QED) is 0.748. The molecule has 1 aromatic heterocycles. The lowest BCUT2D eigenvalue weighted by atomic mass is 10.3. The van der Waals surface area contributed by atoms with Crippen LogP contribution in [0.5, 0.6) is 5.75 Å². The number of esters is 1. The van der Waals surface area contributed by atoms with Crippen molar-refractivity contribution in [3.8, 4) is 11.4 Å². The third kappa shape index (κ3) is 3.27. The van der Waals surface area contributed by atoms with E-state index >= 15 is 0 Å². The van der Waals surface area contributed by atoms with Crippen LogP contribution in [-0.2, 0) is 9.53 Å². The summed E-state index contributed by atoms with van der Waals surface area (Å²) in [5.74, 6) is 0.199. The number of nitrogens with zero attached hydrogens (tertiary/aromatic N) is 4. The molecule has 1 aromatic carbocycles. The van der Waals surface area contributed by atoms with Crippen LogP contribution in [0.3, 0.4) is 0 Å². The smallest absolute Gasteiger partial charge is 0.347 e. The molecule has 0 aliphatic carbocycles. The van der Waals surface area contributed by atoms with E-state index in [1.54, 1.807) is 38.1 Å². The molecule has 0 saturated carbocycles. The normalized spacial score (nSPS) is 11.9. The molecule has 0 amide bonds. The minimum absolute atomic E-state index is 0.338. The molecule has 1 heterocycles. The Morgan fingerprint density at radius 2 is 2.11 bits per heavy atom. The number of tetrazole rings is 1. The van der Waals surface area contributed by atoms with Gasteiger partial charge in [0.2, 0.25) is 0 Å². The molecule has 19 heavy (non-hydrogen) atoms. The fraction of sp³-hybridized carbons (Fsp3) is 0.333. The Bertz CT molecular complexity index is 524. The summed E-state index contributed by atoms with van der Waals surface area (Å²) in [6.07, 6.45) is 0.857. The number of aromatic nitrogens is 4. The summed E-state index contributed by atoms with van der Waals surface area (Å²) in [7, 11) is 0. The van der Waals surface area contributed by atoms with Crippen LogP contribution < -0.4 is 4.74 Å². The summed E-state index contributed by atoms with van der Waals surface area (Å²) in [5.41, 5.74) is 0.807. The number of benzene rings is 1. The molecule has 7 heteroatoms. The van der Waals surface area contributed by atoms with Gasteiger partial charge in [-0.25, -0.2) is 9.48 Å². The fourth-order valence-electron chi connectivity index (χ4n) is 1.47. The molecule has 0 N–H and O–H groups in total. The average Bonchev–Trinajstić information content (AvgIpc) is 2.94. The summed E-state index contributed by atoms with van der Waals surface area (Å²) in [6.45, 7) is 3.74. The molecule has 0 aliphatic rings. The second kappa shape index (κ2) is 5.94. The number of ether oxygens (including phenoxy) is 2. The zero-order valence-corrected chi connectivity index (χ0v) is 10.7. The SMILES string of the molecule is CCOC(=O)C(C)Oc1ccc(-n2cnnn2)cc1. The fourth-order valence-corrected chi connectivity index (χ4v) is 1.47. The van der Waals surface area contributed by atoms with Crippen molar-refractivity contribution in [2.45, 2.75) is 20.0 Å². The predicted molar refractivity (Wildman–Crippen MR) is 65.9 cm³/mol. The van der Waals surface area contributed by atoms with Gasteiger partial charge in [0, 0.05) is 0 Å². The lowest BCUT2D eigenvalue weighted by Gasteiger charge is -2.13. The first kappa shape index (κ1) is 13.0. The Labute approximate surface area is 110 Å². The van der Waals surface area contributed by atoms with E-state index in [4.69, 9.17) is 9.47 Å².